The molecule has 0 aliphatic carbocycles. The lowest BCUT2D eigenvalue weighted by Gasteiger charge is -2.39. The summed E-state index contributed by atoms with van der Waals surface area (Å²) in [5.41, 5.74) is 1.26. The van der Waals surface area contributed by atoms with Crippen LogP contribution in [0.2, 0.25) is 0 Å². The third kappa shape index (κ3) is 5.54. The van der Waals surface area contributed by atoms with Gasteiger partial charge in [-0.25, -0.2) is 8.42 Å². The molecule has 0 radical (unpaired) electrons. The van der Waals surface area contributed by atoms with Gasteiger partial charge in [0.25, 0.3) is 0 Å². The first-order valence-corrected chi connectivity index (χ1v) is 14.9. The number of nitrogens with one attached hydrogen (secondary N) is 3. The van der Waals surface area contributed by atoms with Crippen LogP contribution in [0.25, 0.3) is 11.0 Å². The third-order valence-corrected chi connectivity index (χ3v) is 9.62. The van der Waals surface area contributed by atoms with Gasteiger partial charge < -0.3 is 29.8 Å². The zero-order chi connectivity index (χ0) is 26.8. The highest BCUT2D eigenvalue weighted by atomic mass is 32.2. The molecule has 0 saturated carbocycles. The lowest BCUT2D eigenvalue weighted by Crippen LogP contribution is -2.50. The van der Waals surface area contributed by atoms with Crippen molar-refractivity contribution in [2.45, 2.75) is 36.2 Å². The molecule has 12 nitrogen and oxygen atoms in total. The van der Waals surface area contributed by atoms with Crippen LogP contribution in [0.1, 0.15) is 19.3 Å². The summed E-state index contributed by atoms with van der Waals surface area (Å²) >= 11 is 0. The number of fused-ring (bicyclic) bond motifs is 1. The number of piperidine rings is 1. The highest BCUT2D eigenvalue weighted by Crippen LogP contribution is 2.33. The molecule has 13 heteroatoms. The highest BCUT2D eigenvalue weighted by Gasteiger charge is 2.32. The van der Waals surface area contributed by atoms with Crippen LogP contribution < -0.4 is 15.4 Å². The normalized spacial score (nSPS) is 21.8. The molecule has 3 aromatic rings. The maximum absolute atomic E-state index is 13.5. The van der Waals surface area contributed by atoms with Gasteiger partial charge in [-0.15, -0.1) is 0 Å². The number of methoxy groups -OCH3 is 1. The van der Waals surface area contributed by atoms with Crippen molar-refractivity contribution in [2.24, 2.45) is 0 Å². The van der Waals surface area contributed by atoms with Crippen LogP contribution in [-0.2, 0) is 19.5 Å². The number of anilines is 3. The Morgan fingerprint density at radius 1 is 1.03 bits per heavy atom. The quantitative estimate of drug-likeness (QED) is 0.379. The van der Waals surface area contributed by atoms with E-state index in [2.05, 4.69) is 25.5 Å². The first kappa shape index (κ1) is 26.3. The number of hydrogen-bond donors (Lipinski definition) is 3. The fourth-order valence-corrected chi connectivity index (χ4v) is 7.03. The standard InChI is InChI=1S/C26H35N7O5S/c1-36-23-16-20(39(34,35)33-9-5-19(6-10-33)32-11-14-37-15-12-32)2-3-22(23)29-26-30-24-21(4-8-27-24)25(31-26)28-18-7-13-38-17-18/h2-4,8,16,18-19H,5-7,9-15,17H2,1H3,(H3,27,28,29,30,31)/t18-/m0/s1. The number of ether oxygens (including phenoxy) is 3. The molecule has 3 aliphatic heterocycles. The van der Waals surface area contributed by atoms with Gasteiger partial charge in [-0.1, -0.05) is 0 Å². The number of hydrogen-bond acceptors (Lipinski definition) is 10. The van der Waals surface area contributed by atoms with E-state index in [1.165, 1.54) is 7.11 Å². The van der Waals surface area contributed by atoms with Crippen LogP contribution in [0.15, 0.2) is 35.4 Å². The summed E-state index contributed by atoms with van der Waals surface area (Å²) < 4.78 is 45.1. The zero-order valence-corrected chi connectivity index (χ0v) is 22.9. The van der Waals surface area contributed by atoms with E-state index in [0.717, 1.165) is 57.6 Å². The summed E-state index contributed by atoms with van der Waals surface area (Å²) in [4.78, 5) is 15.1. The first-order chi connectivity index (χ1) is 19.0. The first-order valence-electron chi connectivity index (χ1n) is 13.5. The number of aromatic nitrogens is 3. The molecule has 3 aliphatic rings. The number of rotatable bonds is 8. The van der Waals surface area contributed by atoms with E-state index >= 15 is 0 Å². The van der Waals surface area contributed by atoms with Crippen LogP contribution in [0.5, 0.6) is 5.75 Å². The SMILES string of the molecule is COc1cc(S(=O)(=O)N2CCC(N3CCOCC3)CC2)ccc1Nc1nc(N[C@H]2CCOC2)c2cc[nH]c2n1. The summed E-state index contributed by atoms with van der Waals surface area (Å²) in [5.74, 6) is 1.47. The maximum Gasteiger partial charge on any atom is 0.243 e. The van der Waals surface area contributed by atoms with E-state index in [-0.39, 0.29) is 10.9 Å². The Labute approximate surface area is 228 Å². The molecule has 2 aromatic heterocycles. The molecule has 0 bridgehead atoms. The Morgan fingerprint density at radius 2 is 1.85 bits per heavy atom. The number of H-pyrrole nitrogens is 1. The molecule has 210 valence electrons. The highest BCUT2D eigenvalue weighted by molar-refractivity contribution is 7.89. The van der Waals surface area contributed by atoms with Gasteiger partial charge in [0.05, 0.1) is 48.9 Å². The molecular formula is C26H35N7O5S. The van der Waals surface area contributed by atoms with Crippen LogP contribution in [0, 0.1) is 0 Å². The molecule has 1 atom stereocenters. The van der Waals surface area contributed by atoms with E-state index in [0.29, 0.717) is 54.6 Å². The fraction of sp³-hybridized carbons (Fsp3) is 0.538. The molecule has 0 unspecified atom stereocenters. The van der Waals surface area contributed by atoms with Gasteiger partial charge in [-0.3, -0.25) is 4.90 Å². The third-order valence-electron chi connectivity index (χ3n) is 7.73. The minimum atomic E-state index is -3.66. The number of benzene rings is 1. The van der Waals surface area contributed by atoms with E-state index in [9.17, 15) is 8.42 Å². The van der Waals surface area contributed by atoms with Crippen molar-refractivity contribution in [1.82, 2.24) is 24.2 Å². The van der Waals surface area contributed by atoms with Crippen molar-refractivity contribution in [3.05, 3.63) is 30.5 Å². The Bertz CT molecular complexity index is 1390. The van der Waals surface area contributed by atoms with Gasteiger partial charge in [0.2, 0.25) is 16.0 Å². The molecule has 3 saturated heterocycles. The average molecular weight is 558 g/mol. The maximum atomic E-state index is 13.5. The smallest absolute Gasteiger partial charge is 0.243 e. The van der Waals surface area contributed by atoms with Crippen LogP contribution in [0.3, 0.4) is 0 Å². The molecule has 3 fully saturated rings. The molecule has 0 amide bonds. The second-order valence-electron chi connectivity index (χ2n) is 10.1. The molecular weight excluding hydrogens is 522 g/mol. The van der Waals surface area contributed by atoms with Gasteiger partial charge in [-0.05, 0) is 37.5 Å². The van der Waals surface area contributed by atoms with E-state index in [1.54, 1.807) is 22.5 Å². The molecule has 6 rings (SSSR count). The van der Waals surface area contributed by atoms with Crippen molar-refractivity contribution in [3.8, 4) is 5.75 Å². The van der Waals surface area contributed by atoms with Gasteiger partial charge in [0, 0.05) is 51.1 Å². The Balaban J connectivity index is 1.18. The second kappa shape index (κ2) is 11.3. The molecule has 0 spiro atoms. The van der Waals surface area contributed by atoms with Gasteiger partial charge in [0.1, 0.15) is 17.2 Å². The summed E-state index contributed by atoms with van der Waals surface area (Å²) in [6.45, 7) is 5.67. The van der Waals surface area contributed by atoms with Crippen molar-refractivity contribution >= 4 is 38.5 Å². The van der Waals surface area contributed by atoms with Crippen molar-refractivity contribution < 1.29 is 22.6 Å². The Morgan fingerprint density at radius 3 is 2.59 bits per heavy atom. The number of nitrogens with zero attached hydrogens (tertiary/aromatic N) is 4. The summed E-state index contributed by atoms with van der Waals surface area (Å²) in [6.07, 6.45) is 4.37. The topological polar surface area (TPSA) is 134 Å². The van der Waals surface area contributed by atoms with Gasteiger partial charge in [0.15, 0.2) is 0 Å². The monoisotopic (exact) mass is 557 g/mol. The second-order valence-corrected chi connectivity index (χ2v) is 12.0. The van der Waals surface area contributed by atoms with E-state index < -0.39 is 10.0 Å². The fourth-order valence-electron chi connectivity index (χ4n) is 5.54. The molecule has 1 aromatic carbocycles. The average Bonchev–Trinajstić information content (AvgIpc) is 3.66. The van der Waals surface area contributed by atoms with Gasteiger partial charge >= 0.3 is 0 Å². The van der Waals surface area contributed by atoms with E-state index in [4.69, 9.17) is 19.2 Å². The largest absolute Gasteiger partial charge is 0.495 e. The van der Waals surface area contributed by atoms with Crippen LogP contribution in [0.4, 0.5) is 17.5 Å². The number of morpholine rings is 1. The minimum absolute atomic E-state index is 0.184. The summed E-state index contributed by atoms with van der Waals surface area (Å²) in [6, 6.07) is 7.39. The molecule has 5 heterocycles. The van der Waals surface area contributed by atoms with Gasteiger partial charge in [-0.2, -0.15) is 14.3 Å². The lowest BCUT2D eigenvalue weighted by atomic mass is 10.0. The van der Waals surface area contributed by atoms with Crippen LogP contribution in [-0.4, -0.2) is 104 Å². The van der Waals surface area contributed by atoms with Crippen molar-refractivity contribution in [3.63, 3.8) is 0 Å². The predicted octanol–water partition coefficient (Wildman–Crippen LogP) is 2.40. The summed E-state index contributed by atoms with van der Waals surface area (Å²) in [5, 5.41) is 7.55. The van der Waals surface area contributed by atoms with Crippen molar-refractivity contribution in [1.29, 1.82) is 0 Å². The Hall–Kier alpha value is -2.97. The molecule has 39 heavy (non-hydrogen) atoms. The number of aromatic amines is 1. The predicted molar refractivity (Wildman–Crippen MR) is 147 cm³/mol. The minimum Gasteiger partial charge on any atom is -0.495 e. The lowest BCUT2D eigenvalue weighted by molar-refractivity contribution is 0.00610. The number of sulfonamides is 1. The molecule has 3 N–H and O–H groups in total. The Kier molecular flexibility index (Phi) is 7.58. The van der Waals surface area contributed by atoms with Crippen molar-refractivity contribution in [2.75, 3.05) is 70.3 Å². The van der Waals surface area contributed by atoms with Crippen LogP contribution >= 0.6 is 0 Å². The zero-order valence-electron chi connectivity index (χ0n) is 22.1. The summed E-state index contributed by atoms with van der Waals surface area (Å²) in [7, 11) is -2.13. The van der Waals surface area contributed by atoms with E-state index in [1.807, 2.05) is 12.3 Å².